The monoisotopic (exact) mass is 294 g/mol. The van der Waals surface area contributed by atoms with E-state index in [1.54, 1.807) is 0 Å². The second-order valence-electron chi connectivity index (χ2n) is 5.53. The van der Waals surface area contributed by atoms with E-state index in [1.165, 1.54) is 0 Å². The van der Waals surface area contributed by atoms with E-state index >= 15 is 0 Å². The Morgan fingerprint density at radius 2 is 2.10 bits per heavy atom. The normalized spacial score (nSPS) is 21.9. The molecule has 0 bridgehead atoms. The Morgan fingerprint density at radius 1 is 1.24 bits per heavy atom. The summed E-state index contributed by atoms with van der Waals surface area (Å²) in [5, 5.41) is 0. The van der Waals surface area contributed by atoms with Gasteiger partial charge in [0.05, 0.1) is 18.8 Å². The predicted octanol–water partition coefficient (Wildman–Crippen LogP) is 3.73. The smallest absolute Gasteiger partial charge is 0.0833 e. The summed E-state index contributed by atoms with van der Waals surface area (Å²) in [6, 6.07) is 0. The highest BCUT2D eigenvalue weighted by Gasteiger charge is 2.23. The lowest BCUT2D eigenvalue weighted by Gasteiger charge is -2.29. The van der Waals surface area contributed by atoms with Crippen molar-refractivity contribution in [2.75, 3.05) is 26.4 Å². The van der Waals surface area contributed by atoms with Crippen LogP contribution in [-0.2, 0) is 14.2 Å². The van der Waals surface area contributed by atoms with Gasteiger partial charge in [0.15, 0.2) is 0 Å². The number of unbranched alkanes of at least 4 members (excludes halogenated alkanes) is 4. The first kappa shape index (κ1) is 18.2. The molecule has 0 amide bonds. The number of ether oxygens (including phenoxy) is 3. The van der Waals surface area contributed by atoms with Crippen molar-refractivity contribution in [3.63, 3.8) is 0 Å². The molecule has 3 heteroatoms. The average molecular weight is 294 g/mol. The SMILES string of the molecule is C#CCCCCOCC1CC(OCCCCC=C)CCO1. The summed E-state index contributed by atoms with van der Waals surface area (Å²) in [6.45, 7) is 6.80. The Morgan fingerprint density at radius 3 is 2.90 bits per heavy atom. The van der Waals surface area contributed by atoms with Crippen LogP contribution in [-0.4, -0.2) is 38.6 Å². The minimum Gasteiger partial charge on any atom is -0.379 e. The molecule has 0 spiro atoms. The van der Waals surface area contributed by atoms with Crippen LogP contribution in [0.5, 0.6) is 0 Å². The third-order valence-electron chi connectivity index (χ3n) is 3.64. The fourth-order valence-electron chi connectivity index (χ4n) is 2.40. The molecule has 0 aliphatic carbocycles. The van der Waals surface area contributed by atoms with Crippen molar-refractivity contribution in [3.05, 3.63) is 12.7 Å². The minimum atomic E-state index is 0.185. The fourth-order valence-corrected chi connectivity index (χ4v) is 2.40. The summed E-state index contributed by atoms with van der Waals surface area (Å²) in [4.78, 5) is 0. The Bertz CT molecular complexity index is 295. The molecular formula is C18H30O3. The van der Waals surface area contributed by atoms with E-state index in [0.29, 0.717) is 12.7 Å². The van der Waals surface area contributed by atoms with Crippen molar-refractivity contribution >= 4 is 0 Å². The quantitative estimate of drug-likeness (QED) is 0.312. The number of rotatable bonds is 12. The van der Waals surface area contributed by atoms with Crippen LogP contribution in [0.2, 0.25) is 0 Å². The molecular weight excluding hydrogens is 264 g/mol. The Hall–Kier alpha value is -0.820. The van der Waals surface area contributed by atoms with Crippen LogP contribution in [0.15, 0.2) is 12.7 Å². The molecule has 0 aromatic rings. The molecule has 1 aliphatic heterocycles. The predicted molar refractivity (Wildman–Crippen MR) is 86.3 cm³/mol. The zero-order valence-electron chi connectivity index (χ0n) is 13.2. The van der Waals surface area contributed by atoms with Crippen molar-refractivity contribution in [2.45, 2.75) is 63.6 Å². The summed E-state index contributed by atoms with van der Waals surface area (Å²) in [5.41, 5.74) is 0. The fraction of sp³-hybridized carbons (Fsp3) is 0.778. The standard InChI is InChI=1S/C18H30O3/c1-3-5-7-9-12-19-16-18-15-17(11-14-21-18)20-13-10-8-6-4-2/h1,4,17-18H,2,5-16H2. The zero-order valence-corrected chi connectivity index (χ0v) is 13.2. The molecule has 3 nitrogen and oxygen atoms in total. The van der Waals surface area contributed by atoms with Gasteiger partial charge in [0, 0.05) is 32.7 Å². The van der Waals surface area contributed by atoms with E-state index in [1.807, 2.05) is 6.08 Å². The highest BCUT2D eigenvalue weighted by Crippen LogP contribution is 2.18. The van der Waals surface area contributed by atoms with E-state index in [0.717, 1.165) is 71.2 Å². The summed E-state index contributed by atoms with van der Waals surface area (Å²) in [5.74, 6) is 2.64. The van der Waals surface area contributed by atoms with Crippen LogP contribution >= 0.6 is 0 Å². The van der Waals surface area contributed by atoms with Gasteiger partial charge in [-0.25, -0.2) is 0 Å². The van der Waals surface area contributed by atoms with E-state index < -0.39 is 0 Å². The molecule has 0 aromatic carbocycles. The third kappa shape index (κ3) is 9.68. The molecule has 120 valence electrons. The second-order valence-corrected chi connectivity index (χ2v) is 5.53. The first-order valence-electron chi connectivity index (χ1n) is 8.22. The van der Waals surface area contributed by atoms with Crippen molar-refractivity contribution in [3.8, 4) is 12.3 Å². The topological polar surface area (TPSA) is 27.7 Å². The molecule has 0 aromatic heterocycles. The Labute approximate surface area is 130 Å². The zero-order chi connectivity index (χ0) is 15.2. The van der Waals surface area contributed by atoms with Crippen molar-refractivity contribution < 1.29 is 14.2 Å². The maximum atomic E-state index is 5.93. The number of terminal acetylenes is 1. The van der Waals surface area contributed by atoms with Crippen LogP contribution < -0.4 is 0 Å². The Balaban J connectivity index is 2.00. The molecule has 1 fully saturated rings. The van der Waals surface area contributed by atoms with Gasteiger partial charge in [0.1, 0.15) is 0 Å². The first-order chi connectivity index (χ1) is 10.4. The maximum Gasteiger partial charge on any atom is 0.0833 e. The molecule has 2 unspecified atom stereocenters. The largest absolute Gasteiger partial charge is 0.379 e. The molecule has 0 saturated carbocycles. The second kappa shape index (κ2) is 12.9. The highest BCUT2D eigenvalue weighted by molar-refractivity contribution is 4.82. The van der Waals surface area contributed by atoms with Crippen LogP contribution in [0, 0.1) is 12.3 Å². The van der Waals surface area contributed by atoms with E-state index in [-0.39, 0.29) is 6.10 Å². The molecule has 1 aliphatic rings. The van der Waals surface area contributed by atoms with Gasteiger partial charge in [0.2, 0.25) is 0 Å². The molecule has 1 rings (SSSR count). The molecule has 21 heavy (non-hydrogen) atoms. The molecule has 0 radical (unpaired) electrons. The van der Waals surface area contributed by atoms with Gasteiger partial charge in [-0.15, -0.1) is 18.9 Å². The van der Waals surface area contributed by atoms with E-state index in [4.69, 9.17) is 20.6 Å². The van der Waals surface area contributed by atoms with E-state index in [2.05, 4.69) is 12.5 Å². The molecule has 0 N–H and O–H groups in total. The van der Waals surface area contributed by atoms with Gasteiger partial charge in [-0.05, 0) is 38.5 Å². The van der Waals surface area contributed by atoms with Crippen molar-refractivity contribution in [1.82, 2.24) is 0 Å². The summed E-state index contributed by atoms with van der Waals surface area (Å²) in [6.07, 6.45) is 15.9. The van der Waals surface area contributed by atoms with Crippen LogP contribution in [0.3, 0.4) is 0 Å². The number of hydrogen-bond acceptors (Lipinski definition) is 3. The first-order valence-corrected chi connectivity index (χ1v) is 8.22. The summed E-state index contributed by atoms with van der Waals surface area (Å²) in [7, 11) is 0. The number of allylic oxidation sites excluding steroid dienone is 1. The van der Waals surface area contributed by atoms with Gasteiger partial charge in [-0.3, -0.25) is 0 Å². The van der Waals surface area contributed by atoms with Gasteiger partial charge in [-0.2, -0.15) is 0 Å². The maximum absolute atomic E-state index is 5.93. The van der Waals surface area contributed by atoms with Crippen LogP contribution in [0.25, 0.3) is 0 Å². The van der Waals surface area contributed by atoms with Gasteiger partial charge >= 0.3 is 0 Å². The Kier molecular flexibility index (Phi) is 11.2. The summed E-state index contributed by atoms with van der Waals surface area (Å²) < 4.78 is 17.3. The van der Waals surface area contributed by atoms with Gasteiger partial charge in [0.25, 0.3) is 0 Å². The molecule has 1 saturated heterocycles. The van der Waals surface area contributed by atoms with E-state index in [9.17, 15) is 0 Å². The average Bonchev–Trinajstić information content (AvgIpc) is 2.51. The van der Waals surface area contributed by atoms with Crippen molar-refractivity contribution in [1.29, 1.82) is 0 Å². The van der Waals surface area contributed by atoms with Gasteiger partial charge < -0.3 is 14.2 Å². The highest BCUT2D eigenvalue weighted by atomic mass is 16.5. The lowest BCUT2D eigenvalue weighted by molar-refractivity contribution is -0.0980. The third-order valence-corrected chi connectivity index (χ3v) is 3.64. The summed E-state index contributed by atoms with van der Waals surface area (Å²) >= 11 is 0. The minimum absolute atomic E-state index is 0.185. The molecule has 2 atom stereocenters. The van der Waals surface area contributed by atoms with Crippen molar-refractivity contribution in [2.24, 2.45) is 0 Å². The van der Waals surface area contributed by atoms with Crippen LogP contribution in [0.4, 0.5) is 0 Å². The van der Waals surface area contributed by atoms with Crippen LogP contribution in [0.1, 0.15) is 51.4 Å². The number of hydrogen-bond donors (Lipinski definition) is 0. The lowest BCUT2D eigenvalue weighted by Crippen LogP contribution is -2.34. The molecule has 1 heterocycles. The van der Waals surface area contributed by atoms with Gasteiger partial charge in [-0.1, -0.05) is 6.08 Å². The lowest BCUT2D eigenvalue weighted by atomic mass is 10.1.